The molecular formula is C64H58N8. The number of benzene rings is 4. The molecule has 354 valence electrons. The van der Waals surface area contributed by atoms with Crippen LogP contribution in [0.3, 0.4) is 0 Å². The summed E-state index contributed by atoms with van der Waals surface area (Å²) in [6.45, 7) is 26.0. The van der Waals surface area contributed by atoms with Crippen LogP contribution >= 0.6 is 0 Å². The van der Waals surface area contributed by atoms with Gasteiger partial charge in [-0.15, -0.1) is 0 Å². The van der Waals surface area contributed by atoms with E-state index < -0.39 is 0 Å². The second kappa shape index (κ2) is 17.7. The van der Waals surface area contributed by atoms with E-state index in [2.05, 4.69) is 166 Å². The van der Waals surface area contributed by atoms with E-state index in [1.54, 1.807) is 0 Å². The molecule has 0 atom stereocenters. The summed E-state index contributed by atoms with van der Waals surface area (Å²) in [7, 11) is 0. The predicted molar refractivity (Wildman–Crippen MR) is 294 cm³/mol. The highest BCUT2D eigenvalue weighted by molar-refractivity contribution is 6.14. The third-order valence-electron chi connectivity index (χ3n) is 13.9. The molecule has 9 rings (SSSR count). The van der Waals surface area contributed by atoms with Crippen LogP contribution in [0.25, 0.3) is 88.9 Å². The van der Waals surface area contributed by atoms with Crippen LogP contribution in [-0.2, 0) is 21.7 Å². The quantitative estimate of drug-likeness (QED) is 0.179. The smallest absolute Gasteiger partial charge is 0.103 e. The molecule has 4 aromatic carbocycles. The lowest BCUT2D eigenvalue weighted by atomic mass is 9.86. The maximum atomic E-state index is 11.2. The molecule has 0 spiro atoms. The first-order valence-corrected chi connectivity index (χ1v) is 24.4. The number of hydrogen-bond acceptors (Lipinski definition) is 6. The number of nitrogens with zero attached hydrogens (tertiary/aromatic N) is 6. The molecule has 0 aliphatic carbocycles. The normalized spacial score (nSPS) is 13.1. The first-order chi connectivity index (χ1) is 34.0. The summed E-state index contributed by atoms with van der Waals surface area (Å²) in [5, 5.41) is 44.9. The highest BCUT2D eigenvalue weighted by Gasteiger charge is 2.31. The SMILES string of the molecule is CC(C)(C)c1ccc(-c2c3nc(c(-c4ccc(C(C)(C)C)cc4)c4ccc([nH]4)c(-c4ccc(C(C)(C)C)cc4)c4nc(c(-c5ccc(C(C)(C)C)cc5)c5ccc2[nH]5)C(C#N)=C4C#N)C(C#N)=C3C#N)cc1. The van der Waals surface area contributed by atoms with Gasteiger partial charge in [-0.25, -0.2) is 9.97 Å². The molecule has 2 aliphatic heterocycles. The van der Waals surface area contributed by atoms with Crippen LogP contribution in [0.2, 0.25) is 0 Å². The molecule has 8 heteroatoms. The summed E-state index contributed by atoms with van der Waals surface area (Å²) in [5.41, 5.74) is 14.1. The summed E-state index contributed by atoms with van der Waals surface area (Å²) in [6, 6.07) is 50.6. The third-order valence-corrected chi connectivity index (χ3v) is 13.9. The summed E-state index contributed by atoms with van der Waals surface area (Å²) in [4.78, 5) is 18.3. The van der Waals surface area contributed by atoms with Gasteiger partial charge in [0.1, 0.15) is 24.3 Å². The van der Waals surface area contributed by atoms with Crippen molar-refractivity contribution in [1.29, 1.82) is 21.0 Å². The van der Waals surface area contributed by atoms with Gasteiger partial charge in [0.2, 0.25) is 0 Å². The third kappa shape index (κ3) is 8.61. The number of hydrogen-bond donors (Lipinski definition) is 2. The highest BCUT2D eigenvalue weighted by Crippen LogP contribution is 2.46. The van der Waals surface area contributed by atoms with Crippen molar-refractivity contribution in [2.24, 2.45) is 0 Å². The van der Waals surface area contributed by atoms with Crippen LogP contribution in [0.1, 0.15) is 128 Å². The van der Waals surface area contributed by atoms with Crippen molar-refractivity contribution < 1.29 is 0 Å². The summed E-state index contributed by atoms with van der Waals surface area (Å²) < 4.78 is 0. The molecular weight excluding hydrogens is 881 g/mol. The molecule has 2 N–H and O–H groups in total. The van der Waals surface area contributed by atoms with E-state index in [9.17, 15) is 21.0 Å². The topological polar surface area (TPSA) is 153 Å². The maximum Gasteiger partial charge on any atom is 0.103 e. The zero-order valence-corrected chi connectivity index (χ0v) is 43.2. The molecule has 0 unspecified atom stereocenters. The standard InChI is InChI=1S/C64H58N8/c1-61(2,3)41-21-13-37(14-22-41)53-49-29-30-50(69-49)54(38-15-23-42(24-16-38)62(4,5)6)59-47(35-67)48(36-68)60(72-59)56(40-19-27-44(28-20-40)64(10,11)12)52-32-31-51(70-52)55(39-17-25-43(26-18-39)63(7,8)9)58-46(34-66)45(33-65)57(53)71-58/h13-32,69-70H,1-12H3. The van der Waals surface area contributed by atoms with Gasteiger partial charge in [-0.3, -0.25) is 0 Å². The van der Waals surface area contributed by atoms with Gasteiger partial charge >= 0.3 is 0 Å². The molecule has 8 bridgehead atoms. The minimum absolute atomic E-state index is 0.131. The van der Waals surface area contributed by atoms with Gasteiger partial charge in [0.25, 0.3) is 0 Å². The zero-order chi connectivity index (χ0) is 51.7. The van der Waals surface area contributed by atoms with Crippen LogP contribution in [0.5, 0.6) is 0 Å². The fraction of sp³-hybridized carbons (Fsp3) is 0.250. The lowest BCUT2D eigenvalue weighted by Crippen LogP contribution is -2.10. The molecule has 0 radical (unpaired) electrons. The number of fused-ring (bicyclic) bond motifs is 8. The Labute approximate surface area is 423 Å². The van der Waals surface area contributed by atoms with Crippen molar-refractivity contribution in [1.82, 2.24) is 19.9 Å². The number of H-pyrrole nitrogens is 2. The summed E-state index contributed by atoms with van der Waals surface area (Å²) in [5.74, 6) is 0. The molecule has 5 heterocycles. The molecule has 0 fully saturated rings. The Hall–Kier alpha value is -8.56. The Morgan fingerprint density at radius 1 is 0.292 bits per heavy atom. The fourth-order valence-corrected chi connectivity index (χ4v) is 9.68. The Bertz CT molecular complexity index is 3270. The van der Waals surface area contributed by atoms with Crippen LogP contribution < -0.4 is 0 Å². The molecule has 2 aliphatic rings. The van der Waals surface area contributed by atoms with Gasteiger partial charge in [0, 0.05) is 44.3 Å². The number of aromatic nitrogens is 4. The van der Waals surface area contributed by atoms with Crippen LogP contribution in [0.15, 0.2) is 121 Å². The minimum Gasteiger partial charge on any atom is -0.354 e. The lowest BCUT2D eigenvalue weighted by molar-refractivity contribution is 0.590. The van der Waals surface area contributed by atoms with E-state index >= 15 is 0 Å². The number of aromatic amines is 2. The van der Waals surface area contributed by atoms with Gasteiger partial charge in [0.15, 0.2) is 0 Å². The van der Waals surface area contributed by atoms with Crippen LogP contribution in [0, 0.1) is 45.3 Å². The van der Waals surface area contributed by atoms with Crippen molar-refractivity contribution >= 4 is 44.4 Å². The second-order valence-electron chi connectivity index (χ2n) is 22.9. The van der Waals surface area contributed by atoms with E-state index in [4.69, 9.17) is 9.97 Å². The van der Waals surface area contributed by atoms with Gasteiger partial charge < -0.3 is 9.97 Å². The second-order valence-corrected chi connectivity index (χ2v) is 22.9. The molecule has 3 aromatic heterocycles. The van der Waals surface area contributed by atoms with Crippen molar-refractivity contribution in [3.63, 3.8) is 0 Å². The van der Waals surface area contributed by atoms with E-state index in [1.165, 1.54) is 0 Å². The van der Waals surface area contributed by atoms with Crippen molar-refractivity contribution in [3.05, 3.63) is 166 Å². The minimum atomic E-state index is -0.131. The van der Waals surface area contributed by atoms with Crippen molar-refractivity contribution in [3.8, 4) is 68.8 Å². The first-order valence-electron chi connectivity index (χ1n) is 24.4. The molecule has 72 heavy (non-hydrogen) atoms. The summed E-state index contributed by atoms with van der Waals surface area (Å²) in [6.07, 6.45) is 0. The largest absolute Gasteiger partial charge is 0.354 e. The number of nitrogens with one attached hydrogen (secondary N) is 2. The Morgan fingerprint density at radius 2 is 0.472 bits per heavy atom. The zero-order valence-electron chi connectivity index (χ0n) is 43.2. The Morgan fingerprint density at radius 3 is 0.625 bits per heavy atom. The number of rotatable bonds is 4. The van der Waals surface area contributed by atoms with E-state index in [1.807, 2.05) is 72.8 Å². The van der Waals surface area contributed by atoms with E-state index in [0.717, 1.165) is 44.5 Å². The number of nitriles is 4. The lowest BCUT2D eigenvalue weighted by Gasteiger charge is -2.19. The molecule has 0 amide bonds. The van der Waals surface area contributed by atoms with Crippen LogP contribution in [-0.4, -0.2) is 19.9 Å². The van der Waals surface area contributed by atoms with Crippen molar-refractivity contribution in [2.75, 3.05) is 0 Å². The van der Waals surface area contributed by atoms with Gasteiger partial charge in [-0.2, -0.15) is 21.0 Å². The predicted octanol–water partition coefficient (Wildman–Crippen LogP) is 16.1. The average Bonchev–Trinajstić information content (AvgIpc) is 4.15. The van der Waals surface area contributed by atoms with E-state index in [-0.39, 0.29) is 44.0 Å². The fourth-order valence-electron chi connectivity index (χ4n) is 9.68. The molecule has 7 aromatic rings. The van der Waals surface area contributed by atoms with E-state index in [0.29, 0.717) is 67.1 Å². The van der Waals surface area contributed by atoms with Gasteiger partial charge in [-0.05, 0) is 90.4 Å². The Kier molecular flexibility index (Phi) is 11.9. The van der Waals surface area contributed by atoms with Gasteiger partial charge in [0.05, 0.1) is 45.1 Å². The van der Waals surface area contributed by atoms with Gasteiger partial charge in [-0.1, -0.05) is 180 Å². The maximum absolute atomic E-state index is 11.2. The average molecular weight is 939 g/mol. The Balaban J connectivity index is 1.55. The highest BCUT2D eigenvalue weighted by atomic mass is 14.8. The molecule has 8 nitrogen and oxygen atoms in total. The number of allylic oxidation sites excluding steroid dienone is 4. The van der Waals surface area contributed by atoms with Crippen molar-refractivity contribution in [2.45, 2.75) is 105 Å². The first kappa shape index (κ1) is 48.5. The van der Waals surface area contributed by atoms with Crippen LogP contribution in [0.4, 0.5) is 0 Å². The monoisotopic (exact) mass is 938 g/mol. The molecule has 0 saturated carbocycles. The molecule has 0 saturated heterocycles. The summed E-state index contributed by atoms with van der Waals surface area (Å²) >= 11 is 0.